The fourth-order valence-electron chi connectivity index (χ4n) is 7.36. The Morgan fingerprint density at radius 3 is 2.09 bits per heavy atom. The summed E-state index contributed by atoms with van der Waals surface area (Å²) in [7, 11) is 0. The highest BCUT2D eigenvalue weighted by molar-refractivity contribution is 5.76. The molecule has 172 valence electrons. The second-order valence-corrected chi connectivity index (χ2v) is 10.7. The second-order valence-electron chi connectivity index (χ2n) is 10.7. The molecule has 0 spiro atoms. The number of hydrogen-bond acceptors (Lipinski definition) is 4. The summed E-state index contributed by atoms with van der Waals surface area (Å²) in [6.45, 7) is 1.93. The lowest BCUT2D eigenvalue weighted by atomic mass is 9.89. The smallest absolute Gasteiger partial charge is 0.294 e. The van der Waals surface area contributed by atoms with E-state index in [1.807, 2.05) is 0 Å². The molecule has 2 aromatic rings. The van der Waals surface area contributed by atoms with Gasteiger partial charge in [0.2, 0.25) is 0 Å². The van der Waals surface area contributed by atoms with Crippen molar-refractivity contribution in [2.75, 3.05) is 18.0 Å². The lowest BCUT2D eigenvalue weighted by Gasteiger charge is -2.45. The largest absolute Gasteiger partial charge is 0.352 e. The molecule has 5 heteroatoms. The number of rotatable bonds is 3. The van der Waals surface area contributed by atoms with E-state index in [1.165, 1.54) is 57.8 Å². The summed E-state index contributed by atoms with van der Waals surface area (Å²) in [6, 6.07) is 10.7. The first kappa shape index (κ1) is 20.7. The molecule has 0 amide bonds. The Bertz CT molecular complexity index is 988. The van der Waals surface area contributed by atoms with E-state index in [9.17, 15) is 4.79 Å². The van der Waals surface area contributed by atoms with Crippen molar-refractivity contribution < 1.29 is 0 Å². The topological polar surface area (TPSA) is 41.4 Å². The van der Waals surface area contributed by atoms with E-state index in [0.717, 1.165) is 55.8 Å². The minimum absolute atomic E-state index is 0.148. The van der Waals surface area contributed by atoms with Crippen LogP contribution in [0.5, 0.6) is 0 Å². The highest BCUT2D eigenvalue weighted by Gasteiger charge is 2.44. The van der Waals surface area contributed by atoms with Gasteiger partial charge < -0.3 is 9.47 Å². The number of aromatic nitrogens is 2. The SMILES string of the molecule is O=c1c(N2CCCC2)nc2ccccc2n1C1CC2CC[C@@H](C1)N2C1CCCCCCC1. The van der Waals surface area contributed by atoms with E-state index in [1.54, 1.807) is 0 Å². The fraction of sp³-hybridized carbons (Fsp3) is 0.704. The number of nitrogens with zero attached hydrogens (tertiary/aromatic N) is 4. The highest BCUT2D eigenvalue weighted by atomic mass is 16.1. The van der Waals surface area contributed by atoms with Crippen LogP contribution in [0.25, 0.3) is 11.0 Å². The van der Waals surface area contributed by atoms with Gasteiger partial charge in [0, 0.05) is 37.3 Å². The monoisotopic (exact) mass is 434 g/mol. The molecule has 1 saturated carbocycles. The Morgan fingerprint density at radius 1 is 0.719 bits per heavy atom. The van der Waals surface area contributed by atoms with Crippen molar-refractivity contribution in [1.29, 1.82) is 0 Å². The second kappa shape index (κ2) is 8.81. The van der Waals surface area contributed by atoms with Gasteiger partial charge in [0.15, 0.2) is 5.82 Å². The molecule has 4 aliphatic rings. The molecule has 0 N–H and O–H groups in total. The van der Waals surface area contributed by atoms with Gasteiger partial charge in [0.1, 0.15) is 0 Å². The maximum atomic E-state index is 13.8. The Balaban J connectivity index is 1.33. The number of para-hydroxylation sites is 2. The zero-order valence-electron chi connectivity index (χ0n) is 19.4. The molecule has 2 bridgehead atoms. The normalized spacial score (nSPS) is 30.0. The zero-order valence-corrected chi connectivity index (χ0v) is 19.4. The summed E-state index contributed by atoms with van der Waals surface area (Å²) in [5.41, 5.74) is 2.16. The van der Waals surface area contributed by atoms with Crippen molar-refractivity contribution in [3.63, 3.8) is 0 Å². The van der Waals surface area contributed by atoms with Crippen molar-refractivity contribution in [1.82, 2.24) is 14.5 Å². The predicted octanol–water partition coefficient (Wildman–Crippen LogP) is 5.28. The Labute approximate surface area is 191 Å². The molecule has 2 unspecified atom stereocenters. The summed E-state index contributed by atoms with van der Waals surface area (Å²) >= 11 is 0. The molecule has 3 aliphatic heterocycles. The minimum atomic E-state index is 0.148. The van der Waals surface area contributed by atoms with Crippen LogP contribution in [0, 0.1) is 0 Å². The molecule has 6 rings (SSSR count). The molecular formula is C27H38N4O. The Kier molecular flexibility index (Phi) is 5.70. The number of hydrogen-bond donors (Lipinski definition) is 0. The van der Waals surface area contributed by atoms with Gasteiger partial charge in [-0.25, -0.2) is 4.98 Å². The molecule has 32 heavy (non-hydrogen) atoms. The summed E-state index contributed by atoms with van der Waals surface area (Å²) in [5.74, 6) is 0.691. The van der Waals surface area contributed by atoms with Crippen molar-refractivity contribution in [2.24, 2.45) is 0 Å². The van der Waals surface area contributed by atoms with E-state index >= 15 is 0 Å². The molecule has 3 saturated heterocycles. The van der Waals surface area contributed by atoms with Crippen LogP contribution in [-0.4, -0.2) is 45.7 Å². The number of anilines is 1. The average Bonchev–Trinajstić information content (AvgIpc) is 3.40. The van der Waals surface area contributed by atoms with Gasteiger partial charge in [-0.1, -0.05) is 44.2 Å². The summed E-state index contributed by atoms with van der Waals surface area (Å²) in [4.78, 5) is 23.8. The van der Waals surface area contributed by atoms with Crippen molar-refractivity contribution in [3.05, 3.63) is 34.6 Å². The maximum absolute atomic E-state index is 13.8. The molecule has 1 aromatic heterocycles. The van der Waals surface area contributed by atoms with Crippen LogP contribution in [-0.2, 0) is 0 Å². The van der Waals surface area contributed by atoms with E-state index in [4.69, 9.17) is 4.98 Å². The van der Waals surface area contributed by atoms with Crippen LogP contribution in [0.4, 0.5) is 5.82 Å². The minimum Gasteiger partial charge on any atom is -0.352 e. The van der Waals surface area contributed by atoms with Gasteiger partial charge in [-0.3, -0.25) is 9.69 Å². The summed E-state index contributed by atoms with van der Waals surface area (Å²) in [6.07, 6.45) is 17.0. The first-order valence-corrected chi connectivity index (χ1v) is 13.3. The van der Waals surface area contributed by atoms with Crippen LogP contribution >= 0.6 is 0 Å². The number of piperidine rings is 1. The Morgan fingerprint density at radius 2 is 1.38 bits per heavy atom. The van der Waals surface area contributed by atoms with Crippen LogP contribution in [0.15, 0.2) is 29.1 Å². The molecular weight excluding hydrogens is 396 g/mol. The van der Waals surface area contributed by atoms with Gasteiger partial charge in [-0.2, -0.15) is 0 Å². The fourth-order valence-corrected chi connectivity index (χ4v) is 7.36. The van der Waals surface area contributed by atoms with Crippen LogP contribution in [0.2, 0.25) is 0 Å². The first-order valence-electron chi connectivity index (χ1n) is 13.3. The van der Waals surface area contributed by atoms with Crippen molar-refractivity contribution >= 4 is 16.9 Å². The highest BCUT2D eigenvalue weighted by Crippen LogP contribution is 2.44. The number of benzene rings is 1. The van der Waals surface area contributed by atoms with Crippen LogP contribution in [0.1, 0.15) is 89.5 Å². The lowest BCUT2D eigenvalue weighted by Crippen LogP contribution is -2.50. The molecule has 1 aromatic carbocycles. The van der Waals surface area contributed by atoms with Crippen molar-refractivity contribution in [2.45, 2.75) is 108 Å². The van der Waals surface area contributed by atoms with E-state index in [0.29, 0.717) is 23.9 Å². The van der Waals surface area contributed by atoms with Crippen LogP contribution in [0.3, 0.4) is 0 Å². The maximum Gasteiger partial charge on any atom is 0.294 e. The molecule has 4 fully saturated rings. The first-order chi connectivity index (χ1) is 15.8. The zero-order chi connectivity index (χ0) is 21.5. The van der Waals surface area contributed by atoms with Gasteiger partial charge >= 0.3 is 0 Å². The van der Waals surface area contributed by atoms with Gasteiger partial charge in [-0.15, -0.1) is 0 Å². The average molecular weight is 435 g/mol. The molecule has 0 radical (unpaired) electrons. The third-order valence-electron chi connectivity index (χ3n) is 8.81. The van der Waals surface area contributed by atoms with Gasteiger partial charge in [-0.05, 0) is 63.5 Å². The van der Waals surface area contributed by atoms with Crippen LogP contribution < -0.4 is 10.5 Å². The van der Waals surface area contributed by atoms with Crippen molar-refractivity contribution in [3.8, 4) is 0 Å². The molecule has 3 atom stereocenters. The van der Waals surface area contributed by atoms with E-state index in [2.05, 4.69) is 38.6 Å². The summed E-state index contributed by atoms with van der Waals surface area (Å²) < 4.78 is 2.16. The third-order valence-corrected chi connectivity index (χ3v) is 8.81. The molecule has 4 heterocycles. The molecule has 5 nitrogen and oxygen atoms in total. The lowest BCUT2D eigenvalue weighted by molar-refractivity contribution is 0.0498. The number of fused-ring (bicyclic) bond motifs is 3. The third kappa shape index (κ3) is 3.67. The quantitative estimate of drug-likeness (QED) is 0.659. The molecule has 1 aliphatic carbocycles. The standard InChI is InChI=1S/C27H38N4O/c32-27-26(29-16-8-9-17-29)28-24-12-6-7-13-25(24)31(27)23-18-21-14-15-22(19-23)30(21)20-10-4-2-1-3-5-11-20/h6-7,12-13,20-23H,1-5,8-11,14-19H2/t21-,22?,23?/m0/s1. The van der Waals surface area contributed by atoms with E-state index < -0.39 is 0 Å². The van der Waals surface area contributed by atoms with E-state index in [-0.39, 0.29) is 5.56 Å². The van der Waals surface area contributed by atoms with Gasteiger partial charge in [0.25, 0.3) is 5.56 Å². The Hall–Kier alpha value is -1.88. The predicted molar refractivity (Wildman–Crippen MR) is 130 cm³/mol. The summed E-state index contributed by atoms with van der Waals surface area (Å²) in [5, 5.41) is 0. The van der Waals surface area contributed by atoms with Gasteiger partial charge in [0.05, 0.1) is 11.0 Å².